The van der Waals surface area contributed by atoms with Crippen molar-refractivity contribution >= 4 is 43.6 Å². The number of alkyl halides is 3. The minimum Gasteiger partial charge on any atom is -0.308 e. The molecule has 0 fully saturated rings. The van der Waals surface area contributed by atoms with Gasteiger partial charge in [0.1, 0.15) is 11.6 Å². The molecule has 12 rings (SSSR count). The molecule has 0 aliphatic carbocycles. The third kappa shape index (κ3) is 7.92. The highest BCUT2D eigenvalue weighted by Crippen LogP contribution is 2.44. The van der Waals surface area contributed by atoms with E-state index in [1.54, 1.807) is 66.7 Å². The molecule has 7 nitrogen and oxygen atoms in total. The van der Waals surface area contributed by atoms with Crippen LogP contribution in [0.5, 0.6) is 0 Å². The molecule has 0 aliphatic rings. The fraction of sp³-hybridized carbons (Fsp3) is 0.0152. The van der Waals surface area contributed by atoms with Gasteiger partial charge in [-0.3, -0.25) is 0 Å². The fourth-order valence-corrected chi connectivity index (χ4v) is 10.5. The van der Waals surface area contributed by atoms with E-state index in [9.17, 15) is 39.5 Å². The Balaban J connectivity index is 1.24. The maximum absolute atomic E-state index is 14.7. The van der Waals surface area contributed by atoms with Gasteiger partial charge in [-0.1, -0.05) is 109 Å². The van der Waals surface area contributed by atoms with Gasteiger partial charge in [-0.15, -0.1) is 0 Å². The monoisotopic (exact) mass is 981 g/mol. The number of rotatable bonds is 7. The number of benzene rings is 10. The molecule has 0 amide bonds. The van der Waals surface area contributed by atoms with Gasteiger partial charge in [0, 0.05) is 21.5 Å². The molecule has 0 radical (unpaired) electrons. The predicted octanol–water partition coefficient (Wildman–Crippen LogP) is 16.6. The van der Waals surface area contributed by atoms with Crippen LogP contribution >= 0.6 is 0 Å². The molecular weight excluding hydrogens is 948 g/mol. The van der Waals surface area contributed by atoms with Gasteiger partial charge in [-0.2, -0.15) is 39.5 Å². The van der Waals surface area contributed by atoms with Crippen LogP contribution in [0.1, 0.15) is 33.4 Å². The third-order valence-electron chi connectivity index (χ3n) is 14.0. The lowest BCUT2D eigenvalue weighted by atomic mass is 9.98. The molecule has 0 saturated heterocycles. The Bertz CT molecular complexity index is 4170. The number of halogens is 3. The van der Waals surface area contributed by atoms with E-state index < -0.39 is 11.7 Å². The maximum Gasteiger partial charge on any atom is 0.416 e. The molecule has 0 unspecified atom stereocenters. The van der Waals surface area contributed by atoms with E-state index in [-0.39, 0.29) is 11.1 Å². The lowest BCUT2D eigenvalue weighted by molar-refractivity contribution is -0.137. The first-order valence-corrected chi connectivity index (χ1v) is 24.0. The Labute approximate surface area is 433 Å². The lowest BCUT2D eigenvalue weighted by Gasteiger charge is -2.19. The van der Waals surface area contributed by atoms with Crippen LogP contribution in [-0.4, -0.2) is 9.13 Å². The van der Waals surface area contributed by atoms with Gasteiger partial charge < -0.3 is 9.13 Å². The van der Waals surface area contributed by atoms with E-state index in [4.69, 9.17) is 0 Å². The molecule has 0 bridgehead atoms. The molecule has 354 valence electrons. The van der Waals surface area contributed by atoms with Gasteiger partial charge in [0.25, 0.3) is 0 Å². The summed E-state index contributed by atoms with van der Waals surface area (Å²) in [7, 11) is 0. The summed E-state index contributed by atoms with van der Waals surface area (Å²) in [6.45, 7) is 0. The second-order valence-corrected chi connectivity index (χ2v) is 18.4. The van der Waals surface area contributed by atoms with Crippen LogP contribution in [0.3, 0.4) is 0 Å². The highest BCUT2D eigenvalue weighted by atomic mass is 19.4. The zero-order valence-corrected chi connectivity index (χ0v) is 39.9. The summed E-state index contributed by atoms with van der Waals surface area (Å²) in [5.41, 5.74) is 11.7. The summed E-state index contributed by atoms with van der Waals surface area (Å²) in [4.78, 5) is 0. The number of aromatic nitrogens is 2. The van der Waals surface area contributed by atoms with Gasteiger partial charge in [-0.25, -0.2) is 0 Å². The summed E-state index contributed by atoms with van der Waals surface area (Å²) in [6, 6.07) is 73.2. The number of nitrogens with zero attached hydrogens (tertiary/aromatic N) is 7. The van der Waals surface area contributed by atoms with Gasteiger partial charge >= 0.3 is 6.18 Å². The highest BCUT2D eigenvalue weighted by molar-refractivity contribution is 6.13. The van der Waals surface area contributed by atoms with Crippen molar-refractivity contribution in [2.24, 2.45) is 0 Å². The minimum absolute atomic E-state index is 0.204. The first kappa shape index (κ1) is 46.1. The Kier molecular flexibility index (Phi) is 11.1. The predicted molar refractivity (Wildman–Crippen MR) is 291 cm³/mol. The van der Waals surface area contributed by atoms with E-state index in [1.165, 1.54) is 6.07 Å². The molecule has 0 spiro atoms. The quantitative estimate of drug-likeness (QED) is 0.157. The van der Waals surface area contributed by atoms with Crippen molar-refractivity contribution in [2.75, 3.05) is 0 Å². The van der Waals surface area contributed by atoms with E-state index in [1.807, 2.05) is 130 Å². The van der Waals surface area contributed by atoms with Crippen LogP contribution in [0.25, 0.3) is 111 Å². The molecule has 0 N–H and O–H groups in total. The highest BCUT2D eigenvalue weighted by Gasteiger charge is 2.31. The van der Waals surface area contributed by atoms with Gasteiger partial charge in [0.2, 0.25) is 0 Å². The van der Waals surface area contributed by atoms with E-state index in [2.05, 4.69) is 30.3 Å². The van der Waals surface area contributed by atoms with Crippen molar-refractivity contribution in [1.29, 1.82) is 26.3 Å². The zero-order chi connectivity index (χ0) is 52.2. The molecule has 76 heavy (non-hydrogen) atoms. The van der Waals surface area contributed by atoms with Crippen LogP contribution < -0.4 is 0 Å². The first-order chi connectivity index (χ1) is 37.0. The Morgan fingerprint density at radius 1 is 0.289 bits per heavy atom. The normalized spacial score (nSPS) is 11.3. The maximum atomic E-state index is 14.7. The standard InChI is InChI=1S/C66H34F3N7/c67-66(68,69)54-15-5-14-48(28-54)53-33-64(75-60-29-49(44-10-1-6-40(24-44)35-70)16-20-55(60)56-21-17-50(30-61(56)75)45-11-2-7-41(25-45)36-71)59(39-74)65(34-53)76-62-31-51(46-12-3-8-42(26-46)37-72)18-22-57(62)58-23-19-52(32-63(58)76)47-13-4-9-43(27-47)38-73/h1-34H. The van der Waals surface area contributed by atoms with Crippen molar-refractivity contribution in [2.45, 2.75) is 6.18 Å². The number of hydrogen-bond donors (Lipinski definition) is 0. The molecule has 12 aromatic rings. The van der Waals surface area contributed by atoms with Crippen molar-refractivity contribution in [3.8, 4) is 97.4 Å². The zero-order valence-electron chi connectivity index (χ0n) is 39.9. The molecule has 2 heterocycles. The third-order valence-corrected chi connectivity index (χ3v) is 14.0. The summed E-state index contributed by atoms with van der Waals surface area (Å²) in [6.07, 6.45) is -4.66. The van der Waals surface area contributed by atoms with Crippen molar-refractivity contribution < 1.29 is 13.2 Å². The van der Waals surface area contributed by atoms with E-state index in [0.29, 0.717) is 61.3 Å². The smallest absolute Gasteiger partial charge is 0.308 e. The summed E-state index contributed by atoms with van der Waals surface area (Å²) in [5.74, 6) is 0. The average Bonchev–Trinajstić information content (AvgIpc) is 4.17. The Hall–Kier alpha value is -11.0. The van der Waals surface area contributed by atoms with Crippen LogP contribution in [0, 0.1) is 56.7 Å². The Morgan fingerprint density at radius 2 is 0.579 bits per heavy atom. The molecular formula is C66H34F3N7. The molecule has 0 aliphatic heterocycles. The van der Waals surface area contributed by atoms with Crippen molar-refractivity contribution in [3.05, 3.63) is 240 Å². The number of fused-ring (bicyclic) bond motifs is 6. The van der Waals surface area contributed by atoms with E-state index >= 15 is 0 Å². The topological polar surface area (TPSA) is 129 Å². The number of hydrogen-bond acceptors (Lipinski definition) is 5. The van der Waals surface area contributed by atoms with E-state index in [0.717, 1.165) is 78.2 Å². The van der Waals surface area contributed by atoms with Gasteiger partial charge in [-0.05, 0) is 153 Å². The van der Waals surface area contributed by atoms with Crippen molar-refractivity contribution in [3.63, 3.8) is 0 Å². The van der Waals surface area contributed by atoms with Crippen LogP contribution in [0.2, 0.25) is 0 Å². The SMILES string of the molecule is N#Cc1cccc(-c2ccc3c4ccc(-c5cccc(C#N)c5)cc4n(-c4cc(-c5cccc(C(F)(F)F)c5)cc(-n5c6cc(-c7cccc(C#N)c7)ccc6c6ccc(-c7cccc(C#N)c7)cc65)c4C#N)c3c2)c1. The molecule has 0 saturated carbocycles. The molecule has 0 atom stereocenters. The summed E-state index contributed by atoms with van der Waals surface area (Å²) in [5, 5.41) is 54.8. The first-order valence-electron chi connectivity index (χ1n) is 24.0. The average molecular weight is 982 g/mol. The summed E-state index contributed by atoms with van der Waals surface area (Å²) >= 11 is 0. The van der Waals surface area contributed by atoms with Crippen molar-refractivity contribution in [1.82, 2.24) is 9.13 Å². The number of nitriles is 5. The van der Waals surface area contributed by atoms with Gasteiger partial charge in [0.05, 0.1) is 85.5 Å². The minimum atomic E-state index is -4.66. The second kappa shape index (κ2) is 18.3. The lowest BCUT2D eigenvalue weighted by Crippen LogP contribution is -2.06. The Morgan fingerprint density at radius 3 is 0.868 bits per heavy atom. The molecule has 2 aromatic heterocycles. The van der Waals surface area contributed by atoms with Crippen LogP contribution in [0.15, 0.2) is 206 Å². The van der Waals surface area contributed by atoms with Crippen LogP contribution in [-0.2, 0) is 6.18 Å². The van der Waals surface area contributed by atoms with Crippen LogP contribution in [0.4, 0.5) is 13.2 Å². The van der Waals surface area contributed by atoms with Gasteiger partial charge in [0.15, 0.2) is 0 Å². The fourth-order valence-electron chi connectivity index (χ4n) is 10.5. The molecule has 10 heteroatoms. The largest absolute Gasteiger partial charge is 0.416 e. The molecule has 10 aromatic carbocycles. The summed E-state index contributed by atoms with van der Waals surface area (Å²) < 4.78 is 48.0. The second-order valence-electron chi connectivity index (χ2n) is 18.4.